The average molecular weight is 375 g/mol. The molecule has 0 radical (unpaired) electrons. The van der Waals surface area contributed by atoms with Gasteiger partial charge in [0.25, 0.3) is 8.03 Å². The Hall–Kier alpha value is -2.44. The zero-order chi connectivity index (χ0) is 18.5. The third-order valence-electron chi connectivity index (χ3n) is 4.15. The number of para-hydroxylation sites is 1. The second-order valence-electron chi connectivity index (χ2n) is 6.11. The molecule has 0 amide bonds. The maximum atomic E-state index is 12.1. The van der Waals surface area contributed by atoms with E-state index in [0.29, 0.717) is 29.3 Å². The molecule has 0 bridgehead atoms. The van der Waals surface area contributed by atoms with E-state index in [1.165, 1.54) is 6.33 Å². The second-order valence-corrected chi connectivity index (χ2v) is 7.35. The van der Waals surface area contributed by atoms with Crippen LogP contribution in [0.2, 0.25) is 0 Å². The van der Waals surface area contributed by atoms with Crippen LogP contribution in [0, 0.1) is 5.92 Å². The van der Waals surface area contributed by atoms with E-state index >= 15 is 0 Å². The van der Waals surface area contributed by atoms with E-state index in [4.69, 9.17) is 15.0 Å². The van der Waals surface area contributed by atoms with Gasteiger partial charge >= 0.3 is 0 Å². The van der Waals surface area contributed by atoms with Gasteiger partial charge in [0.05, 0.1) is 12.4 Å². The number of fused-ring (bicyclic) bond motifs is 1. The van der Waals surface area contributed by atoms with Crippen LogP contribution in [0.3, 0.4) is 0 Å². The van der Waals surface area contributed by atoms with E-state index in [1.807, 2.05) is 29.7 Å². The first kappa shape index (κ1) is 18.4. The Morgan fingerprint density at radius 3 is 2.73 bits per heavy atom. The van der Waals surface area contributed by atoms with Crippen molar-refractivity contribution in [3.63, 3.8) is 0 Å². The Morgan fingerprint density at radius 1 is 1.19 bits per heavy atom. The van der Waals surface area contributed by atoms with Gasteiger partial charge in [0.1, 0.15) is 23.9 Å². The molecule has 2 N–H and O–H groups in total. The van der Waals surface area contributed by atoms with Gasteiger partial charge in [-0.25, -0.2) is 15.0 Å². The van der Waals surface area contributed by atoms with E-state index in [9.17, 15) is 4.57 Å². The minimum Gasteiger partial charge on any atom is -0.443 e. The molecule has 138 valence electrons. The first-order chi connectivity index (χ1) is 12.5. The van der Waals surface area contributed by atoms with Gasteiger partial charge in [-0.15, -0.1) is 0 Å². The van der Waals surface area contributed by atoms with Crippen LogP contribution in [0.1, 0.15) is 13.8 Å². The van der Waals surface area contributed by atoms with Gasteiger partial charge in [-0.1, -0.05) is 25.1 Å². The highest BCUT2D eigenvalue weighted by Crippen LogP contribution is 2.27. The molecule has 1 aromatic carbocycles. The Balaban J connectivity index is 1.53. The lowest BCUT2D eigenvalue weighted by molar-refractivity contribution is 0.0516. The largest absolute Gasteiger partial charge is 0.443 e. The summed E-state index contributed by atoms with van der Waals surface area (Å²) in [7, 11) is -2.30. The number of nitrogens with two attached hydrogens (primary N) is 1. The van der Waals surface area contributed by atoms with Crippen LogP contribution in [0.5, 0.6) is 5.75 Å². The van der Waals surface area contributed by atoms with Crippen LogP contribution in [0.15, 0.2) is 43.0 Å². The van der Waals surface area contributed by atoms with Gasteiger partial charge in [-0.05, 0) is 19.1 Å². The fourth-order valence-electron chi connectivity index (χ4n) is 2.50. The standard InChI is InChI=1S/C17H22N5O3P/c1-12(8-22-10-21-15-16(18)19-9-20-17(15)22)13(2)24-11-26(23)25-14-6-4-3-5-7-14/h3-7,9-10,12-13,26H,8,11H2,1-2H3,(H2,18,19,20)/t12?,13-/m1/s1. The van der Waals surface area contributed by atoms with Crippen molar-refractivity contribution in [1.82, 2.24) is 19.5 Å². The number of hydrogen-bond donors (Lipinski definition) is 1. The zero-order valence-corrected chi connectivity index (χ0v) is 15.7. The Bertz CT molecular complexity index is 886. The predicted octanol–water partition coefficient (Wildman–Crippen LogP) is 2.96. The number of benzene rings is 1. The summed E-state index contributed by atoms with van der Waals surface area (Å²) in [5.41, 5.74) is 7.09. The highest BCUT2D eigenvalue weighted by molar-refractivity contribution is 7.39. The number of nitrogen functional groups attached to an aromatic ring is 1. The summed E-state index contributed by atoms with van der Waals surface area (Å²) < 4.78 is 25.1. The van der Waals surface area contributed by atoms with Crippen molar-refractivity contribution in [3.8, 4) is 5.75 Å². The van der Waals surface area contributed by atoms with Crippen molar-refractivity contribution in [1.29, 1.82) is 0 Å². The summed E-state index contributed by atoms with van der Waals surface area (Å²) in [6.07, 6.45) is 3.08. The summed E-state index contributed by atoms with van der Waals surface area (Å²) in [6, 6.07) is 9.09. The summed E-state index contributed by atoms with van der Waals surface area (Å²) in [5.74, 6) is 1.10. The first-order valence-electron chi connectivity index (χ1n) is 8.33. The van der Waals surface area contributed by atoms with E-state index in [-0.39, 0.29) is 18.4 Å². The van der Waals surface area contributed by atoms with E-state index < -0.39 is 8.03 Å². The van der Waals surface area contributed by atoms with Crippen LogP contribution < -0.4 is 10.3 Å². The van der Waals surface area contributed by atoms with Gasteiger partial charge < -0.3 is 19.6 Å². The quantitative estimate of drug-likeness (QED) is 0.603. The number of aromatic nitrogens is 4. The monoisotopic (exact) mass is 375 g/mol. The minimum atomic E-state index is -2.30. The van der Waals surface area contributed by atoms with Crippen molar-refractivity contribution < 1.29 is 13.8 Å². The zero-order valence-electron chi connectivity index (χ0n) is 14.7. The molecule has 0 saturated carbocycles. The lowest BCUT2D eigenvalue weighted by atomic mass is 10.1. The van der Waals surface area contributed by atoms with Gasteiger partial charge in [-0.3, -0.25) is 4.57 Å². The molecule has 9 heteroatoms. The normalized spacial score (nSPS) is 14.8. The third kappa shape index (κ3) is 4.39. The van der Waals surface area contributed by atoms with Gasteiger partial charge in [0.15, 0.2) is 11.5 Å². The molecule has 8 nitrogen and oxygen atoms in total. The maximum Gasteiger partial charge on any atom is 0.261 e. The molecule has 2 unspecified atom stereocenters. The fraction of sp³-hybridized carbons (Fsp3) is 0.353. The van der Waals surface area contributed by atoms with Crippen molar-refractivity contribution in [2.75, 3.05) is 12.1 Å². The molecule has 3 aromatic rings. The Labute approximate surface area is 152 Å². The number of ether oxygens (including phenoxy) is 1. The lowest BCUT2D eigenvalue weighted by Crippen LogP contribution is -2.22. The fourth-order valence-corrected chi connectivity index (χ4v) is 3.36. The molecule has 0 aliphatic heterocycles. The van der Waals surface area contributed by atoms with Crippen molar-refractivity contribution >= 4 is 25.0 Å². The van der Waals surface area contributed by atoms with Gasteiger partial charge in [0, 0.05) is 12.5 Å². The van der Waals surface area contributed by atoms with Crippen LogP contribution in [-0.2, 0) is 15.8 Å². The Morgan fingerprint density at radius 2 is 1.96 bits per heavy atom. The average Bonchev–Trinajstić information content (AvgIpc) is 3.05. The molecule has 0 aliphatic carbocycles. The van der Waals surface area contributed by atoms with Crippen molar-refractivity contribution in [2.24, 2.45) is 5.92 Å². The Kier molecular flexibility index (Phi) is 5.85. The summed E-state index contributed by atoms with van der Waals surface area (Å²) >= 11 is 0. The van der Waals surface area contributed by atoms with Crippen LogP contribution >= 0.6 is 8.03 Å². The molecular formula is C17H22N5O3P. The lowest BCUT2D eigenvalue weighted by Gasteiger charge is -2.21. The molecule has 2 aromatic heterocycles. The van der Waals surface area contributed by atoms with Gasteiger partial charge in [0.2, 0.25) is 0 Å². The third-order valence-corrected chi connectivity index (χ3v) is 5.02. The maximum absolute atomic E-state index is 12.1. The molecule has 26 heavy (non-hydrogen) atoms. The van der Waals surface area contributed by atoms with Crippen LogP contribution in [0.25, 0.3) is 11.2 Å². The van der Waals surface area contributed by atoms with E-state index in [0.717, 1.165) is 0 Å². The molecular weight excluding hydrogens is 353 g/mol. The smallest absolute Gasteiger partial charge is 0.261 e. The highest BCUT2D eigenvalue weighted by atomic mass is 31.1. The van der Waals surface area contributed by atoms with Crippen molar-refractivity contribution in [3.05, 3.63) is 43.0 Å². The van der Waals surface area contributed by atoms with E-state index in [2.05, 4.69) is 21.9 Å². The molecule has 0 spiro atoms. The number of anilines is 1. The summed E-state index contributed by atoms with van der Waals surface area (Å²) in [4.78, 5) is 12.4. The topological polar surface area (TPSA) is 105 Å². The first-order valence-corrected chi connectivity index (χ1v) is 9.85. The molecule has 0 saturated heterocycles. The number of hydrogen-bond acceptors (Lipinski definition) is 7. The molecule has 3 rings (SSSR count). The summed E-state index contributed by atoms with van der Waals surface area (Å²) in [6.45, 7) is 4.65. The molecule has 0 aliphatic rings. The minimum absolute atomic E-state index is 0.0743. The molecule has 0 fully saturated rings. The predicted molar refractivity (Wildman–Crippen MR) is 100 cm³/mol. The van der Waals surface area contributed by atoms with E-state index in [1.54, 1.807) is 18.5 Å². The highest BCUT2D eigenvalue weighted by Gasteiger charge is 2.17. The SMILES string of the molecule is CC(Cn1cnc2c(N)ncnc21)[C@@H](C)OC[PH](=O)Oc1ccccc1. The molecule has 2 heterocycles. The number of rotatable bonds is 8. The van der Waals surface area contributed by atoms with Crippen molar-refractivity contribution in [2.45, 2.75) is 26.5 Å². The second kappa shape index (κ2) is 8.29. The number of imidazole rings is 1. The number of nitrogens with zero attached hydrogens (tertiary/aromatic N) is 4. The van der Waals surface area contributed by atoms with Gasteiger partial charge in [-0.2, -0.15) is 0 Å². The molecule has 3 atom stereocenters. The van der Waals surface area contributed by atoms with Crippen LogP contribution in [0.4, 0.5) is 5.82 Å². The summed E-state index contributed by atoms with van der Waals surface area (Å²) in [5, 5.41) is 0. The van der Waals surface area contributed by atoms with Crippen LogP contribution in [-0.4, -0.2) is 32.0 Å².